The summed E-state index contributed by atoms with van der Waals surface area (Å²) in [6.07, 6.45) is 4.59. The second-order valence-corrected chi connectivity index (χ2v) is 9.21. The standard InChI is InChI=1S/C24H31N3O3S/c1-30-20-10-8-19(9-11-20)21-6-3-2-4-12-27(21)18-23(28)25-13-15-26(16-14-25)24(29)22-7-5-17-31-22/h5,7-11,17,21H,2-4,6,12-16,18H2,1H3/t21-/m0/s1. The maximum atomic E-state index is 13.1. The van der Waals surface area contributed by atoms with Crippen molar-refractivity contribution in [3.8, 4) is 5.75 Å². The highest BCUT2D eigenvalue weighted by Gasteiger charge is 2.29. The first-order valence-corrected chi connectivity index (χ1v) is 12.0. The number of benzene rings is 1. The van der Waals surface area contributed by atoms with Gasteiger partial charge in [-0.3, -0.25) is 14.5 Å². The van der Waals surface area contributed by atoms with E-state index in [4.69, 9.17) is 4.74 Å². The van der Waals surface area contributed by atoms with Gasteiger partial charge in [0.25, 0.3) is 5.91 Å². The predicted molar refractivity (Wildman–Crippen MR) is 123 cm³/mol. The molecule has 6 nitrogen and oxygen atoms in total. The summed E-state index contributed by atoms with van der Waals surface area (Å²) in [5.74, 6) is 1.10. The molecule has 2 aromatic rings. The molecule has 31 heavy (non-hydrogen) atoms. The molecule has 0 unspecified atom stereocenters. The van der Waals surface area contributed by atoms with Gasteiger partial charge in [-0.25, -0.2) is 0 Å². The van der Waals surface area contributed by atoms with Crippen molar-refractivity contribution in [3.05, 3.63) is 52.2 Å². The molecule has 0 radical (unpaired) electrons. The molecule has 2 fully saturated rings. The molecule has 0 spiro atoms. The third kappa shape index (κ3) is 5.28. The molecule has 4 rings (SSSR count). The van der Waals surface area contributed by atoms with Crippen molar-refractivity contribution in [1.82, 2.24) is 14.7 Å². The lowest BCUT2D eigenvalue weighted by Gasteiger charge is -2.37. The van der Waals surface area contributed by atoms with E-state index in [1.807, 2.05) is 39.4 Å². The molecular weight excluding hydrogens is 410 g/mol. The lowest BCUT2D eigenvalue weighted by atomic mass is 10.0. The monoisotopic (exact) mass is 441 g/mol. The maximum Gasteiger partial charge on any atom is 0.264 e. The first-order chi connectivity index (χ1) is 15.2. The van der Waals surface area contributed by atoms with Crippen molar-refractivity contribution in [2.24, 2.45) is 0 Å². The van der Waals surface area contributed by atoms with Crippen LogP contribution in [0.5, 0.6) is 5.75 Å². The summed E-state index contributed by atoms with van der Waals surface area (Å²) in [4.78, 5) is 32.6. The maximum absolute atomic E-state index is 13.1. The van der Waals surface area contributed by atoms with Gasteiger partial charge in [0.05, 0.1) is 18.5 Å². The van der Waals surface area contributed by atoms with Crippen molar-refractivity contribution in [2.75, 3.05) is 46.4 Å². The molecule has 3 heterocycles. The number of ether oxygens (including phenoxy) is 1. The molecule has 0 bridgehead atoms. The summed E-state index contributed by atoms with van der Waals surface area (Å²) in [6.45, 7) is 3.80. The Morgan fingerprint density at radius 3 is 2.39 bits per heavy atom. The molecule has 7 heteroatoms. The zero-order chi connectivity index (χ0) is 21.6. The molecule has 0 aliphatic carbocycles. The van der Waals surface area contributed by atoms with E-state index in [9.17, 15) is 9.59 Å². The predicted octanol–water partition coefficient (Wildman–Crippen LogP) is 3.66. The van der Waals surface area contributed by atoms with Crippen LogP contribution in [0.1, 0.15) is 47.0 Å². The van der Waals surface area contributed by atoms with Crippen molar-refractivity contribution < 1.29 is 14.3 Å². The number of thiophene rings is 1. The van der Waals surface area contributed by atoms with Gasteiger partial charge in [0, 0.05) is 32.2 Å². The number of piperazine rings is 1. The Bertz CT molecular complexity index is 861. The summed E-state index contributed by atoms with van der Waals surface area (Å²) in [5.41, 5.74) is 1.25. The summed E-state index contributed by atoms with van der Waals surface area (Å²) in [7, 11) is 1.68. The third-order valence-electron chi connectivity index (χ3n) is 6.35. The molecule has 1 atom stereocenters. The van der Waals surface area contributed by atoms with Crippen molar-refractivity contribution in [2.45, 2.75) is 31.7 Å². The SMILES string of the molecule is COc1ccc([C@@H]2CCCCCN2CC(=O)N2CCN(C(=O)c3cccs3)CC2)cc1. The second-order valence-electron chi connectivity index (χ2n) is 8.26. The molecule has 0 N–H and O–H groups in total. The third-order valence-corrected chi connectivity index (χ3v) is 7.21. The largest absolute Gasteiger partial charge is 0.497 e. The number of nitrogens with zero attached hydrogens (tertiary/aromatic N) is 3. The van der Waals surface area contributed by atoms with E-state index < -0.39 is 0 Å². The highest BCUT2D eigenvalue weighted by Crippen LogP contribution is 2.31. The van der Waals surface area contributed by atoms with E-state index in [-0.39, 0.29) is 17.9 Å². The Hall–Kier alpha value is -2.38. The molecule has 2 amide bonds. The first-order valence-electron chi connectivity index (χ1n) is 11.1. The van der Waals surface area contributed by atoms with Gasteiger partial charge in [-0.15, -0.1) is 11.3 Å². The van der Waals surface area contributed by atoms with Crippen LogP contribution < -0.4 is 4.74 Å². The number of methoxy groups -OCH3 is 1. The van der Waals surface area contributed by atoms with E-state index in [0.29, 0.717) is 32.7 Å². The van der Waals surface area contributed by atoms with Crippen molar-refractivity contribution in [1.29, 1.82) is 0 Å². The Morgan fingerprint density at radius 1 is 0.968 bits per heavy atom. The van der Waals surface area contributed by atoms with E-state index in [1.54, 1.807) is 7.11 Å². The van der Waals surface area contributed by atoms with Gasteiger partial charge in [0.15, 0.2) is 0 Å². The fraction of sp³-hybridized carbons (Fsp3) is 0.500. The summed E-state index contributed by atoms with van der Waals surface area (Å²) >= 11 is 1.47. The number of hydrogen-bond acceptors (Lipinski definition) is 5. The summed E-state index contributed by atoms with van der Waals surface area (Å²) in [6, 6.07) is 12.3. The van der Waals surface area contributed by atoms with Crippen LogP contribution in [0, 0.1) is 0 Å². The fourth-order valence-corrected chi connectivity index (χ4v) is 5.24. The highest BCUT2D eigenvalue weighted by molar-refractivity contribution is 7.12. The molecule has 1 aromatic carbocycles. The Labute approximate surface area is 188 Å². The number of likely N-dealkylation sites (tertiary alicyclic amines) is 1. The highest BCUT2D eigenvalue weighted by atomic mass is 32.1. The van der Waals surface area contributed by atoms with Gasteiger partial charge in [0.1, 0.15) is 5.75 Å². The molecular formula is C24H31N3O3S. The van der Waals surface area contributed by atoms with Crippen LogP contribution in [0.15, 0.2) is 41.8 Å². The Morgan fingerprint density at radius 2 is 1.71 bits per heavy atom. The van der Waals surface area contributed by atoms with E-state index in [2.05, 4.69) is 17.0 Å². The van der Waals surface area contributed by atoms with Crippen LogP contribution in [0.3, 0.4) is 0 Å². The van der Waals surface area contributed by atoms with Gasteiger partial charge in [-0.05, 0) is 48.5 Å². The second kappa shape index (κ2) is 10.3. The Balaban J connectivity index is 1.36. The molecule has 1 aromatic heterocycles. The van der Waals surface area contributed by atoms with E-state index in [0.717, 1.165) is 30.0 Å². The topological polar surface area (TPSA) is 53.1 Å². The average molecular weight is 442 g/mol. The van der Waals surface area contributed by atoms with Crippen LogP contribution in [-0.2, 0) is 4.79 Å². The average Bonchev–Trinajstić information content (AvgIpc) is 3.26. The zero-order valence-electron chi connectivity index (χ0n) is 18.2. The minimum atomic E-state index is 0.0780. The number of carbonyl (C=O) groups is 2. The Kier molecular flexibility index (Phi) is 7.25. The molecule has 2 saturated heterocycles. The van der Waals surface area contributed by atoms with Gasteiger partial charge in [-0.2, -0.15) is 0 Å². The number of rotatable bonds is 5. The van der Waals surface area contributed by atoms with Crippen LogP contribution >= 0.6 is 11.3 Å². The molecule has 2 aliphatic heterocycles. The van der Waals surface area contributed by atoms with Gasteiger partial charge in [0.2, 0.25) is 5.91 Å². The van der Waals surface area contributed by atoms with Crippen LogP contribution in [0.4, 0.5) is 0 Å². The molecule has 2 aliphatic rings. The van der Waals surface area contributed by atoms with E-state index >= 15 is 0 Å². The number of hydrogen-bond donors (Lipinski definition) is 0. The van der Waals surface area contributed by atoms with Gasteiger partial charge < -0.3 is 14.5 Å². The quantitative estimate of drug-likeness (QED) is 0.711. The number of amides is 2. The molecule has 0 saturated carbocycles. The summed E-state index contributed by atoms with van der Waals surface area (Å²) in [5, 5.41) is 1.92. The lowest BCUT2D eigenvalue weighted by Crippen LogP contribution is -2.52. The first kappa shape index (κ1) is 21.8. The van der Waals surface area contributed by atoms with Crippen LogP contribution in [0.2, 0.25) is 0 Å². The van der Waals surface area contributed by atoms with E-state index in [1.165, 1.54) is 29.7 Å². The molecule has 166 valence electrons. The normalized spacial score (nSPS) is 20.4. The summed E-state index contributed by atoms with van der Waals surface area (Å²) < 4.78 is 5.30. The van der Waals surface area contributed by atoms with Gasteiger partial charge in [-0.1, -0.05) is 31.0 Å². The minimum Gasteiger partial charge on any atom is -0.497 e. The van der Waals surface area contributed by atoms with Crippen molar-refractivity contribution >= 4 is 23.2 Å². The lowest BCUT2D eigenvalue weighted by molar-refractivity contribution is -0.134. The van der Waals surface area contributed by atoms with Crippen LogP contribution in [-0.4, -0.2) is 72.9 Å². The fourth-order valence-electron chi connectivity index (χ4n) is 4.55. The minimum absolute atomic E-state index is 0.0780. The smallest absolute Gasteiger partial charge is 0.264 e. The number of carbonyl (C=O) groups excluding carboxylic acids is 2. The van der Waals surface area contributed by atoms with Crippen LogP contribution in [0.25, 0.3) is 0 Å². The van der Waals surface area contributed by atoms with Crippen molar-refractivity contribution in [3.63, 3.8) is 0 Å². The van der Waals surface area contributed by atoms with Gasteiger partial charge >= 0.3 is 0 Å². The zero-order valence-corrected chi connectivity index (χ0v) is 19.0.